The number of ether oxygens (including phenoxy) is 6. The Balaban J connectivity index is 1.65. The van der Waals surface area contributed by atoms with Crippen LogP contribution in [0, 0.1) is 0 Å². The van der Waals surface area contributed by atoms with Crippen molar-refractivity contribution in [2.24, 2.45) is 0 Å². The molecular formula is C38H46Br2O6. The molecule has 8 heteroatoms. The van der Waals surface area contributed by atoms with E-state index < -0.39 is 0 Å². The maximum atomic E-state index is 6.53. The minimum absolute atomic E-state index is 0.414. The van der Waals surface area contributed by atoms with Crippen LogP contribution < -0.4 is 9.47 Å². The predicted octanol–water partition coefficient (Wildman–Crippen LogP) is 9.71. The first-order valence-electron chi connectivity index (χ1n) is 16.7. The highest BCUT2D eigenvalue weighted by atomic mass is 79.9. The van der Waals surface area contributed by atoms with Crippen LogP contribution in [0.1, 0.15) is 50.7 Å². The fourth-order valence-corrected chi connectivity index (χ4v) is 7.20. The van der Waals surface area contributed by atoms with Crippen LogP contribution in [-0.2, 0) is 31.8 Å². The third kappa shape index (κ3) is 8.82. The number of unbranched alkanes of at least 4 members (excludes halogenated alkanes) is 2. The van der Waals surface area contributed by atoms with Gasteiger partial charge in [-0.1, -0.05) is 51.0 Å². The Morgan fingerprint density at radius 2 is 0.804 bits per heavy atom. The highest BCUT2D eigenvalue weighted by molar-refractivity contribution is 9.11. The minimum atomic E-state index is 0.414. The normalized spacial score (nSPS) is 15.9. The van der Waals surface area contributed by atoms with Crippen LogP contribution in [0.2, 0.25) is 0 Å². The molecule has 0 aromatic heterocycles. The molecule has 4 aromatic rings. The maximum Gasteiger partial charge on any atom is 0.128 e. The molecule has 1 heterocycles. The Kier molecular flexibility index (Phi) is 14.0. The molecule has 0 saturated heterocycles. The molecule has 0 unspecified atom stereocenters. The Bertz CT molecular complexity index is 1460. The minimum Gasteiger partial charge on any atom is -0.491 e. The standard InChI is InChI=1S/C38H46Br2O6/c1-3-5-7-27-9-11-29-31(37(27)39)13-15-33-35(29)36-30-12-10-28(8-6-4-2)38(40)32(30)14-16-34(36)46-26-24-44-22-20-42-18-17-41-19-21-43-23-25-45-33/h9-16H,3-8,17-26H2,1-2H3. The summed E-state index contributed by atoms with van der Waals surface area (Å²) in [5.74, 6) is 1.60. The molecule has 5 rings (SSSR count). The van der Waals surface area contributed by atoms with E-state index in [2.05, 4.69) is 94.2 Å². The number of fused-ring (bicyclic) bond motifs is 7. The van der Waals surface area contributed by atoms with Crippen LogP contribution >= 0.6 is 31.9 Å². The zero-order valence-electron chi connectivity index (χ0n) is 27.1. The van der Waals surface area contributed by atoms with Gasteiger partial charge < -0.3 is 28.4 Å². The molecule has 6 nitrogen and oxygen atoms in total. The van der Waals surface area contributed by atoms with Crippen molar-refractivity contribution < 1.29 is 28.4 Å². The van der Waals surface area contributed by atoms with Crippen molar-refractivity contribution in [2.45, 2.75) is 52.4 Å². The Morgan fingerprint density at radius 3 is 1.17 bits per heavy atom. The van der Waals surface area contributed by atoms with Crippen molar-refractivity contribution in [2.75, 3.05) is 66.1 Å². The molecule has 46 heavy (non-hydrogen) atoms. The summed E-state index contributed by atoms with van der Waals surface area (Å²) in [5.41, 5.74) is 4.66. The Labute approximate surface area is 290 Å². The van der Waals surface area contributed by atoms with Gasteiger partial charge >= 0.3 is 0 Å². The quantitative estimate of drug-likeness (QED) is 0.195. The Morgan fingerprint density at radius 1 is 0.457 bits per heavy atom. The molecule has 0 bridgehead atoms. The number of hydrogen-bond donors (Lipinski definition) is 0. The fraction of sp³-hybridized carbons (Fsp3) is 0.474. The highest BCUT2D eigenvalue weighted by Gasteiger charge is 2.22. The van der Waals surface area contributed by atoms with Gasteiger partial charge in [-0.2, -0.15) is 0 Å². The number of rotatable bonds is 6. The van der Waals surface area contributed by atoms with Crippen LogP contribution in [0.15, 0.2) is 57.5 Å². The van der Waals surface area contributed by atoms with Gasteiger partial charge in [0, 0.05) is 20.1 Å². The lowest BCUT2D eigenvalue weighted by Crippen LogP contribution is -2.15. The van der Waals surface area contributed by atoms with Crippen LogP contribution in [0.5, 0.6) is 11.5 Å². The summed E-state index contributed by atoms with van der Waals surface area (Å²) in [7, 11) is 0. The van der Waals surface area contributed by atoms with E-state index in [9.17, 15) is 0 Å². The van der Waals surface area contributed by atoms with E-state index in [1.165, 1.54) is 11.1 Å². The van der Waals surface area contributed by atoms with Crippen molar-refractivity contribution >= 4 is 53.4 Å². The van der Waals surface area contributed by atoms with Crippen molar-refractivity contribution in [1.82, 2.24) is 0 Å². The van der Waals surface area contributed by atoms with Gasteiger partial charge in [-0.3, -0.25) is 0 Å². The van der Waals surface area contributed by atoms with Crippen molar-refractivity contribution in [3.63, 3.8) is 0 Å². The first kappa shape index (κ1) is 35.1. The lowest BCUT2D eigenvalue weighted by molar-refractivity contribution is -0.00704. The molecule has 248 valence electrons. The largest absolute Gasteiger partial charge is 0.491 e. The lowest BCUT2D eigenvalue weighted by Gasteiger charge is -2.21. The van der Waals surface area contributed by atoms with E-state index >= 15 is 0 Å². The summed E-state index contributed by atoms with van der Waals surface area (Å²) in [6.45, 7) is 9.29. The third-order valence-corrected chi connectivity index (χ3v) is 10.2. The number of hydrogen-bond acceptors (Lipinski definition) is 6. The molecule has 0 aliphatic carbocycles. The van der Waals surface area contributed by atoms with Crippen LogP contribution in [0.25, 0.3) is 32.7 Å². The van der Waals surface area contributed by atoms with Crippen molar-refractivity contribution in [3.05, 3.63) is 68.6 Å². The van der Waals surface area contributed by atoms with Gasteiger partial charge in [0.15, 0.2) is 0 Å². The summed E-state index contributed by atoms with van der Waals surface area (Å²) in [6, 6.07) is 17.5. The SMILES string of the molecule is CCCCc1ccc2c3c(ccc2c1Br)OCCOCCOCCOCCOCCOc1ccc2c(Br)c(CCCC)ccc2c1-3. The van der Waals surface area contributed by atoms with Crippen LogP contribution in [0.4, 0.5) is 0 Å². The number of aryl methyl sites for hydroxylation is 2. The molecule has 0 spiro atoms. The zero-order chi connectivity index (χ0) is 32.1. The summed E-state index contributed by atoms with van der Waals surface area (Å²) in [4.78, 5) is 0. The molecule has 0 fully saturated rings. The van der Waals surface area contributed by atoms with Gasteiger partial charge in [0.2, 0.25) is 0 Å². The molecule has 0 atom stereocenters. The molecule has 1 aliphatic heterocycles. The molecular weight excluding hydrogens is 712 g/mol. The van der Waals surface area contributed by atoms with Gasteiger partial charge in [-0.25, -0.2) is 0 Å². The average Bonchev–Trinajstić information content (AvgIpc) is 3.07. The zero-order valence-corrected chi connectivity index (χ0v) is 30.3. The van der Waals surface area contributed by atoms with Crippen LogP contribution in [0.3, 0.4) is 0 Å². The molecule has 1 aliphatic rings. The molecule has 0 amide bonds. The van der Waals surface area contributed by atoms with E-state index in [0.29, 0.717) is 66.1 Å². The first-order chi connectivity index (χ1) is 22.6. The summed E-state index contributed by atoms with van der Waals surface area (Å²) >= 11 is 7.97. The number of benzene rings is 4. The monoisotopic (exact) mass is 756 g/mol. The maximum absolute atomic E-state index is 6.53. The summed E-state index contributed by atoms with van der Waals surface area (Å²) in [6.07, 6.45) is 6.66. The van der Waals surface area contributed by atoms with Crippen LogP contribution in [-0.4, -0.2) is 66.1 Å². The fourth-order valence-electron chi connectivity index (χ4n) is 5.85. The van der Waals surface area contributed by atoms with Gasteiger partial charge in [0.1, 0.15) is 24.7 Å². The smallest absolute Gasteiger partial charge is 0.128 e. The predicted molar refractivity (Wildman–Crippen MR) is 194 cm³/mol. The van der Waals surface area contributed by atoms with E-state index in [1.807, 2.05) is 0 Å². The molecule has 4 aromatic carbocycles. The second-order valence-electron chi connectivity index (χ2n) is 11.5. The van der Waals surface area contributed by atoms with E-state index in [1.54, 1.807) is 0 Å². The molecule has 0 N–H and O–H groups in total. The van der Waals surface area contributed by atoms with E-state index in [-0.39, 0.29) is 0 Å². The van der Waals surface area contributed by atoms with Gasteiger partial charge in [-0.15, -0.1) is 0 Å². The van der Waals surface area contributed by atoms with E-state index in [0.717, 1.165) is 91.6 Å². The second-order valence-corrected chi connectivity index (χ2v) is 13.1. The van der Waals surface area contributed by atoms with Crippen molar-refractivity contribution in [3.8, 4) is 22.6 Å². The topological polar surface area (TPSA) is 55.4 Å². The summed E-state index contributed by atoms with van der Waals surface area (Å²) < 4.78 is 38.3. The van der Waals surface area contributed by atoms with Gasteiger partial charge in [-0.05, 0) is 114 Å². The van der Waals surface area contributed by atoms with Crippen molar-refractivity contribution in [1.29, 1.82) is 0 Å². The molecule has 0 saturated carbocycles. The van der Waals surface area contributed by atoms with E-state index in [4.69, 9.17) is 28.4 Å². The Hall–Kier alpha value is -2.20. The third-order valence-electron chi connectivity index (χ3n) is 8.29. The molecule has 0 radical (unpaired) electrons. The lowest BCUT2D eigenvalue weighted by atomic mass is 9.90. The highest BCUT2D eigenvalue weighted by Crippen LogP contribution is 2.48. The first-order valence-corrected chi connectivity index (χ1v) is 18.3. The average molecular weight is 759 g/mol. The van der Waals surface area contributed by atoms with Gasteiger partial charge in [0.25, 0.3) is 0 Å². The second kappa shape index (κ2) is 18.4. The number of halogens is 2. The summed E-state index contributed by atoms with van der Waals surface area (Å²) in [5, 5.41) is 4.53. The van der Waals surface area contributed by atoms with Gasteiger partial charge in [0.05, 0.1) is 52.9 Å².